The van der Waals surface area contributed by atoms with Gasteiger partial charge in [0.05, 0.1) is 19.8 Å². The lowest BCUT2D eigenvalue weighted by Gasteiger charge is -2.05. The van der Waals surface area contributed by atoms with Crippen molar-refractivity contribution in [2.24, 2.45) is 0 Å². The van der Waals surface area contributed by atoms with Crippen LogP contribution in [0.25, 0.3) is 11.0 Å². The first-order valence-corrected chi connectivity index (χ1v) is 8.64. The molecule has 5 nitrogen and oxygen atoms in total. The highest BCUT2D eigenvalue weighted by molar-refractivity contribution is 5.96. The number of ether oxygens (including phenoxy) is 2. The molecule has 2 aromatic rings. The summed E-state index contributed by atoms with van der Waals surface area (Å²) in [5.41, 5.74) is 1.59. The molecule has 0 aliphatic rings. The third-order valence-corrected chi connectivity index (χ3v) is 3.58. The smallest absolute Gasteiger partial charge is 0.287 e. The molecule has 1 N–H and O–H groups in total. The van der Waals surface area contributed by atoms with Crippen LogP contribution in [-0.2, 0) is 4.74 Å². The fourth-order valence-corrected chi connectivity index (χ4v) is 2.28. The molecule has 138 valence electrons. The predicted molar refractivity (Wildman–Crippen MR) is 104 cm³/mol. The zero-order valence-electron chi connectivity index (χ0n) is 15.1. The molecule has 0 atom stereocenters. The second-order valence-corrected chi connectivity index (χ2v) is 5.65. The summed E-state index contributed by atoms with van der Waals surface area (Å²) in [7, 11) is 0. The Balaban J connectivity index is 1.84. The standard InChI is InChI=1S/C21H25NO4/c1-4-7-16(6-3)15-24-12-10-22-21(23)20-14-17-13-18(25-11-5-2)8-9-19(17)26-20/h4,6-9,13-14H,1,3,5,10-12,15H2,2H3,(H,22,23)/b16-7+. The zero-order chi connectivity index (χ0) is 18.8. The summed E-state index contributed by atoms with van der Waals surface area (Å²) in [6, 6.07) is 7.23. The fourth-order valence-electron chi connectivity index (χ4n) is 2.28. The number of amides is 1. The molecule has 0 radical (unpaired) electrons. The lowest BCUT2D eigenvalue weighted by Crippen LogP contribution is -2.27. The summed E-state index contributed by atoms with van der Waals surface area (Å²) in [6.07, 6.45) is 6.17. The van der Waals surface area contributed by atoms with E-state index >= 15 is 0 Å². The van der Waals surface area contributed by atoms with Crippen molar-refractivity contribution in [2.45, 2.75) is 13.3 Å². The van der Waals surface area contributed by atoms with E-state index in [4.69, 9.17) is 13.9 Å². The molecule has 5 heteroatoms. The largest absolute Gasteiger partial charge is 0.494 e. The van der Waals surface area contributed by atoms with Gasteiger partial charge in [0.2, 0.25) is 0 Å². The first-order valence-electron chi connectivity index (χ1n) is 8.64. The highest BCUT2D eigenvalue weighted by Crippen LogP contribution is 2.24. The molecular formula is C21H25NO4. The fraction of sp³-hybridized carbons (Fsp3) is 0.286. The Bertz CT molecular complexity index is 788. The van der Waals surface area contributed by atoms with Crippen LogP contribution in [0, 0.1) is 0 Å². The lowest BCUT2D eigenvalue weighted by molar-refractivity contribution is 0.0902. The van der Waals surface area contributed by atoms with Crippen LogP contribution in [0.2, 0.25) is 0 Å². The Kier molecular flexibility index (Phi) is 7.71. The number of furan rings is 1. The van der Waals surface area contributed by atoms with Gasteiger partial charge in [-0.05, 0) is 36.3 Å². The molecule has 0 unspecified atom stereocenters. The van der Waals surface area contributed by atoms with Crippen LogP contribution in [0.5, 0.6) is 5.75 Å². The summed E-state index contributed by atoms with van der Waals surface area (Å²) in [5, 5.41) is 3.62. The summed E-state index contributed by atoms with van der Waals surface area (Å²) >= 11 is 0. The Labute approximate surface area is 154 Å². The number of allylic oxidation sites excluding steroid dienone is 2. The second-order valence-electron chi connectivity index (χ2n) is 5.65. The molecule has 1 amide bonds. The molecule has 0 aliphatic carbocycles. The van der Waals surface area contributed by atoms with Gasteiger partial charge >= 0.3 is 0 Å². The number of hydrogen-bond acceptors (Lipinski definition) is 4. The summed E-state index contributed by atoms with van der Waals surface area (Å²) < 4.78 is 16.7. The Morgan fingerprint density at radius 2 is 2.12 bits per heavy atom. The van der Waals surface area contributed by atoms with Crippen LogP contribution < -0.4 is 10.1 Å². The van der Waals surface area contributed by atoms with E-state index in [1.807, 2.05) is 24.3 Å². The molecule has 1 aromatic heterocycles. The van der Waals surface area contributed by atoms with Gasteiger partial charge in [-0.15, -0.1) is 0 Å². The van der Waals surface area contributed by atoms with Crippen molar-refractivity contribution in [2.75, 3.05) is 26.4 Å². The molecule has 26 heavy (non-hydrogen) atoms. The van der Waals surface area contributed by atoms with Gasteiger partial charge in [0.15, 0.2) is 5.76 Å². The number of benzene rings is 1. The van der Waals surface area contributed by atoms with Crippen LogP contribution in [0.15, 0.2) is 65.6 Å². The Morgan fingerprint density at radius 1 is 1.27 bits per heavy atom. The average Bonchev–Trinajstić information content (AvgIpc) is 3.08. The van der Waals surface area contributed by atoms with E-state index in [2.05, 4.69) is 25.4 Å². The molecule has 0 spiro atoms. The number of carbonyl (C=O) groups excluding carboxylic acids is 1. The molecule has 0 fully saturated rings. The minimum absolute atomic E-state index is 0.269. The highest BCUT2D eigenvalue weighted by atomic mass is 16.5. The van der Waals surface area contributed by atoms with Gasteiger partial charge in [-0.1, -0.05) is 38.3 Å². The van der Waals surface area contributed by atoms with E-state index < -0.39 is 0 Å². The van der Waals surface area contributed by atoms with Crippen molar-refractivity contribution in [3.63, 3.8) is 0 Å². The molecule has 2 rings (SSSR count). The predicted octanol–water partition coefficient (Wildman–Crippen LogP) is 4.27. The first-order chi connectivity index (χ1) is 12.7. The molecular weight excluding hydrogens is 330 g/mol. The monoisotopic (exact) mass is 355 g/mol. The molecule has 0 saturated heterocycles. The number of carbonyl (C=O) groups is 1. The van der Waals surface area contributed by atoms with Gasteiger partial charge in [0.1, 0.15) is 11.3 Å². The summed E-state index contributed by atoms with van der Waals surface area (Å²) in [4.78, 5) is 12.2. The van der Waals surface area contributed by atoms with Crippen LogP contribution in [-0.4, -0.2) is 32.3 Å². The minimum atomic E-state index is -0.272. The van der Waals surface area contributed by atoms with Crippen molar-refractivity contribution < 1.29 is 18.7 Å². The van der Waals surface area contributed by atoms with Crippen LogP contribution >= 0.6 is 0 Å². The van der Waals surface area contributed by atoms with E-state index in [1.165, 1.54) is 0 Å². The summed E-state index contributed by atoms with van der Waals surface area (Å²) in [6.45, 7) is 11.3. The second kappa shape index (κ2) is 10.3. The molecule has 1 heterocycles. The number of nitrogens with one attached hydrogen (secondary N) is 1. The Morgan fingerprint density at radius 3 is 2.85 bits per heavy atom. The van der Waals surface area contributed by atoms with Gasteiger partial charge in [-0.25, -0.2) is 0 Å². The van der Waals surface area contributed by atoms with Crippen molar-refractivity contribution in [3.8, 4) is 5.75 Å². The van der Waals surface area contributed by atoms with E-state index in [0.717, 1.165) is 23.1 Å². The molecule has 0 aliphatic heterocycles. The van der Waals surface area contributed by atoms with Crippen molar-refractivity contribution in [1.82, 2.24) is 5.32 Å². The van der Waals surface area contributed by atoms with Gasteiger partial charge in [-0.2, -0.15) is 0 Å². The van der Waals surface area contributed by atoms with Gasteiger partial charge in [0, 0.05) is 11.9 Å². The average molecular weight is 355 g/mol. The van der Waals surface area contributed by atoms with Gasteiger partial charge in [-0.3, -0.25) is 4.79 Å². The lowest BCUT2D eigenvalue weighted by atomic mass is 10.2. The third-order valence-electron chi connectivity index (χ3n) is 3.58. The van der Waals surface area contributed by atoms with Crippen molar-refractivity contribution in [1.29, 1.82) is 0 Å². The van der Waals surface area contributed by atoms with Crippen molar-refractivity contribution >= 4 is 16.9 Å². The van der Waals surface area contributed by atoms with Gasteiger partial charge in [0.25, 0.3) is 5.91 Å². The highest BCUT2D eigenvalue weighted by Gasteiger charge is 2.12. The topological polar surface area (TPSA) is 60.7 Å². The maximum Gasteiger partial charge on any atom is 0.287 e. The van der Waals surface area contributed by atoms with Crippen LogP contribution in [0.1, 0.15) is 23.9 Å². The van der Waals surface area contributed by atoms with E-state index in [0.29, 0.717) is 31.9 Å². The number of rotatable bonds is 11. The third kappa shape index (κ3) is 5.63. The molecule has 0 saturated carbocycles. The molecule has 0 bridgehead atoms. The normalized spacial score (nSPS) is 11.3. The quantitative estimate of drug-likeness (QED) is 0.483. The maximum absolute atomic E-state index is 12.2. The SMILES string of the molecule is C=C/C=C(\C=C)COCCNC(=O)c1cc2cc(OCCC)ccc2o1. The first kappa shape index (κ1) is 19.5. The van der Waals surface area contributed by atoms with Gasteiger partial charge < -0.3 is 19.2 Å². The molecule has 1 aromatic carbocycles. The zero-order valence-corrected chi connectivity index (χ0v) is 15.1. The van der Waals surface area contributed by atoms with E-state index in [9.17, 15) is 4.79 Å². The van der Waals surface area contributed by atoms with E-state index in [1.54, 1.807) is 18.2 Å². The van der Waals surface area contributed by atoms with Crippen LogP contribution in [0.3, 0.4) is 0 Å². The van der Waals surface area contributed by atoms with Crippen molar-refractivity contribution in [3.05, 3.63) is 67.0 Å². The maximum atomic E-state index is 12.2. The number of fused-ring (bicyclic) bond motifs is 1. The van der Waals surface area contributed by atoms with E-state index in [-0.39, 0.29) is 11.7 Å². The summed E-state index contributed by atoms with van der Waals surface area (Å²) in [5.74, 6) is 0.767. The van der Waals surface area contributed by atoms with Crippen LogP contribution in [0.4, 0.5) is 0 Å². The minimum Gasteiger partial charge on any atom is -0.494 e. The Hall–Kier alpha value is -2.79. The number of hydrogen-bond donors (Lipinski definition) is 1.